The highest BCUT2D eigenvalue weighted by Gasteiger charge is 2.28. The lowest BCUT2D eigenvalue weighted by Gasteiger charge is -2.15. The van der Waals surface area contributed by atoms with Crippen LogP contribution in [-0.4, -0.2) is 26.1 Å². The molecule has 0 radical (unpaired) electrons. The lowest BCUT2D eigenvalue weighted by molar-refractivity contribution is 0.301. The van der Waals surface area contributed by atoms with Crippen molar-refractivity contribution in [1.29, 1.82) is 0 Å². The second-order valence-corrected chi connectivity index (χ2v) is 7.97. The lowest BCUT2D eigenvalue weighted by Crippen LogP contribution is -2.00. The maximum atomic E-state index is 11.1. The Morgan fingerprint density at radius 3 is 2.75 bits per heavy atom. The Morgan fingerprint density at radius 1 is 1.21 bits per heavy atom. The van der Waals surface area contributed by atoms with Gasteiger partial charge in [-0.3, -0.25) is 9.55 Å². The summed E-state index contributed by atoms with van der Waals surface area (Å²) in [4.78, 5) is 27.8. The van der Waals surface area contributed by atoms with Gasteiger partial charge >= 0.3 is 7.60 Å². The second kappa shape index (κ2) is 5.79. The first-order chi connectivity index (χ1) is 11.5. The molecule has 1 aliphatic rings. The van der Waals surface area contributed by atoms with Crippen LogP contribution in [0.3, 0.4) is 0 Å². The Morgan fingerprint density at radius 2 is 2.00 bits per heavy atom. The van der Waals surface area contributed by atoms with Gasteiger partial charge in [0, 0.05) is 29.3 Å². The topological polar surface area (TPSA) is 92.5 Å². The normalized spacial score (nSPS) is 12.8. The highest BCUT2D eigenvalue weighted by molar-refractivity contribution is 7.51. The van der Waals surface area contributed by atoms with E-state index in [-0.39, 0.29) is 0 Å². The molecule has 0 fully saturated rings. The van der Waals surface area contributed by atoms with Crippen molar-refractivity contribution in [3.8, 4) is 28.1 Å². The molecule has 2 N–H and O–H groups in total. The van der Waals surface area contributed by atoms with E-state index in [2.05, 4.69) is 9.97 Å². The van der Waals surface area contributed by atoms with E-state index in [9.17, 15) is 4.57 Å². The van der Waals surface area contributed by atoms with Crippen LogP contribution in [0.1, 0.15) is 10.4 Å². The van der Waals surface area contributed by atoms with Crippen LogP contribution in [0, 0.1) is 0 Å². The quantitative estimate of drug-likeness (QED) is 0.543. The SMILES string of the molecule is O=P(O)(O)COc1ccc(-c2ccncc2)c2c1-c1ncsc1C2. The van der Waals surface area contributed by atoms with Gasteiger partial charge < -0.3 is 14.5 Å². The van der Waals surface area contributed by atoms with Crippen molar-refractivity contribution in [3.63, 3.8) is 0 Å². The molecule has 0 amide bonds. The van der Waals surface area contributed by atoms with Crippen LogP contribution in [0.2, 0.25) is 0 Å². The average Bonchev–Trinajstić information content (AvgIpc) is 3.13. The molecule has 8 heteroatoms. The molecule has 1 aromatic carbocycles. The number of nitrogens with zero attached hydrogens (tertiary/aromatic N) is 2. The summed E-state index contributed by atoms with van der Waals surface area (Å²) in [5.41, 5.74) is 6.61. The third kappa shape index (κ3) is 2.76. The Kier molecular flexibility index (Phi) is 3.73. The smallest absolute Gasteiger partial charge is 0.362 e. The molecule has 0 spiro atoms. The summed E-state index contributed by atoms with van der Waals surface area (Å²) in [5.74, 6) is 0.454. The molecule has 2 aromatic heterocycles. The number of rotatable bonds is 4. The number of pyridine rings is 1. The second-order valence-electron chi connectivity index (χ2n) is 5.44. The minimum absolute atomic E-state index is 0.454. The molecule has 0 atom stereocenters. The van der Waals surface area contributed by atoms with Gasteiger partial charge in [0.2, 0.25) is 0 Å². The molecule has 0 unspecified atom stereocenters. The van der Waals surface area contributed by atoms with Gasteiger partial charge in [-0.05, 0) is 34.9 Å². The molecule has 0 aliphatic heterocycles. The van der Waals surface area contributed by atoms with E-state index in [1.54, 1.807) is 35.3 Å². The zero-order valence-electron chi connectivity index (χ0n) is 12.4. The zero-order chi connectivity index (χ0) is 16.7. The summed E-state index contributed by atoms with van der Waals surface area (Å²) < 4.78 is 16.6. The monoisotopic (exact) mass is 360 g/mol. The highest BCUT2D eigenvalue weighted by Crippen LogP contribution is 2.48. The number of aromatic nitrogens is 2. The Hall–Kier alpha value is -2.05. The summed E-state index contributed by atoms with van der Waals surface area (Å²) in [6.07, 6.45) is 3.57. The van der Waals surface area contributed by atoms with Gasteiger partial charge in [-0.1, -0.05) is 6.07 Å². The highest BCUT2D eigenvalue weighted by atomic mass is 32.1. The molecule has 24 heavy (non-hydrogen) atoms. The molecule has 122 valence electrons. The van der Waals surface area contributed by atoms with Crippen molar-refractivity contribution < 1.29 is 19.1 Å². The van der Waals surface area contributed by atoms with Crippen LogP contribution in [0.15, 0.2) is 42.2 Å². The minimum atomic E-state index is -4.24. The number of fused-ring (bicyclic) bond motifs is 3. The van der Waals surface area contributed by atoms with E-state index in [0.29, 0.717) is 5.75 Å². The van der Waals surface area contributed by atoms with Crippen molar-refractivity contribution in [1.82, 2.24) is 9.97 Å². The number of thiazole rings is 1. The van der Waals surface area contributed by atoms with Crippen molar-refractivity contribution in [2.45, 2.75) is 6.42 Å². The molecule has 0 bridgehead atoms. The number of hydrogen-bond acceptors (Lipinski definition) is 5. The number of hydrogen-bond donors (Lipinski definition) is 2. The first kappa shape index (κ1) is 15.5. The van der Waals surface area contributed by atoms with Crippen molar-refractivity contribution in [2.75, 3.05) is 6.35 Å². The largest absolute Gasteiger partial charge is 0.480 e. The summed E-state index contributed by atoms with van der Waals surface area (Å²) in [5, 5.41) is 0. The summed E-state index contributed by atoms with van der Waals surface area (Å²) in [6, 6.07) is 7.54. The first-order valence-corrected chi connectivity index (χ1v) is 9.87. The molecule has 6 nitrogen and oxygen atoms in total. The van der Waals surface area contributed by atoms with Gasteiger partial charge in [0.05, 0.1) is 11.2 Å². The maximum absolute atomic E-state index is 11.1. The van der Waals surface area contributed by atoms with E-state index >= 15 is 0 Å². The van der Waals surface area contributed by atoms with Gasteiger partial charge in [-0.15, -0.1) is 11.3 Å². The van der Waals surface area contributed by atoms with Crippen LogP contribution in [0.25, 0.3) is 22.4 Å². The lowest BCUT2D eigenvalue weighted by atomic mass is 9.96. The maximum Gasteiger partial charge on any atom is 0.362 e. The Bertz CT molecular complexity index is 952. The molecule has 0 saturated carbocycles. The molecule has 3 aromatic rings. The van der Waals surface area contributed by atoms with Crippen molar-refractivity contribution in [3.05, 3.63) is 52.6 Å². The average molecular weight is 360 g/mol. The van der Waals surface area contributed by atoms with Crippen LogP contribution >= 0.6 is 18.9 Å². The number of ether oxygens (including phenoxy) is 1. The summed E-state index contributed by atoms with van der Waals surface area (Å²) >= 11 is 1.57. The fourth-order valence-electron chi connectivity index (χ4n) is 2.91. The standard InChI is InChI=1S/C16H13N2O4PS/c19-23(20,21)9-22-13-2-1-11(10-3-5-17-6-4-10)12-7-14-16(15(12)13)18-8-24-14/h1-6,8H,7,9H2,(H2,19,20,21). The molecule has 0 saturated heterocycles. The Balaban J connectivity index is 1.84. The van der Waals surface area contributed by atoms with Crippen LogP contribution in [-0.2, 0) is 11.0 Å². The van der Waals surface area contributed by atoms with Gasteiger partial charge in [-0.2, -0.15) is 0 Å². The predicted octanol–water partition coefficient (Wildman–Crippen LogP) is 3.29. The van der Waals surface area contributed by atoms with Crippen LogP contribution in [0.5, 0.6) is 5.75 Å². The molecule has 2 heterocycles. The summed E-state index contributed by atoms with van der Waals surface area (Å²) in [6.45, 7) is 0. The molecular weight excluding hydrogens is 347 g/mol. The van der Waals surface area contributed by atoms with E-state index in [4.69, 9.17) is 14.5 Å². The summed E-state index contributed by atoms with van der Waals surface area (Å²) in [7, 11) is -4.24. The fraction of sp³-hybridized carbons (Fsp3) is 0.125. The molecular formula is C16H13N2O4PS. The van der Waals surface area contributed by atoms with E-state index in [0.717, 1.165) is 39.2 Å². The minimum Gasteiger partial charge on any atom is -0.480 e. The van der Waals surface area contributed by atoms with E-state index in [1.807, 2.05) is 18.2 Å². The first-order valence-electron chi connectivity index (χ1n) is 7.19. The van der Waals surface area contributed by atoms with Crippen molar-refractivity contribution >= 4 is 18.9 Å². The van der Waals surface area contributed by atoms with Gasteiger partial charge in [-0.25, -0.2) is 4.98 Å². The zero-order valence-corrected chi connectivity index (χ0v) is 14.1. The van der Waals surface area contributed by atoms with Crippen LogP contribution < -0.4 is 4.74 Å². The van der Waals surface area contributed by atoms with Gasteiger partial charge in [0.1, 0.15) is 5.75 Å². The molecule has 1 aliphatic carbocycles. The number of benzene rings is 1. The predicted molar refractivity (Wildman–Crippen MR) is 91.1 cm³/mol. The third-order valence-corrected chi connectivity index (χ3v) is 5.17. The third-order valence-electron chi connectivity index (χ3n) is 3.87. The fourth-order valence-corrected chi connectivity index (χ4v) is 3.99. The Labute approximate surface area is 142 Å². The molecule has 4 rings (SSSR count). The van der Waals surface area contributed by atoms with Crippen molar-refractivity contribution in [2.24, 2.45) is 0 Å². The van der Waals surface area contributed by atoms with Gasteiger partial charge in [0.25, 0.3) is 0 Å². The van der Waals surface area contributed by atoms with Crippen LogP contribution in [0.4, 0.5) is 0 Å². The van der Waals surface area contributed by atoms with E-state index < -0.39 is 13.9 Å². The van der Waals surface area contributed by atoms with E-state index in [1.165, 1.54) is 0 Å². The van der Waals surface area contributed by atoms with Gasteiger partial charge in [0.15, 0.2) is 6.35 Å².